The molecule has 4 aliphatic carbocycles. The number of Topliss-reactive ketones (excluding diaryl/α,β-unsaturated/α-hetero) is 1. The predicted octanol–water partition coefficient (Wildman–Crippen LogP) is 3.90. The lowest BCUT2D eigenvalue weighted by Gasteiger charge is -2.57. The third-order valence-electron chi connectivity index (χ3n) is 8.18. The van der Waals surface area contributed by atoms with Gasteiger partial charge in [-0.2, -0.15) is 0 Å². The Labute approximate surface area is 145 Å². The lowest BCUT2D eigenvalue weighted by atomic mass is 9.47. The molecule has 0 heterocycles. The van der Waals surface area contributed by atoms with Crippen LogP contribution in [0, 0.1) is 28.6 Å². The van der Waals surface area contributed by atoms with Gasteiger partial charge in [-0.25, -0.2) is 0 Å². The minimum absolute atomic E-state index is 0.0243. The molecule has 0 unspecified atom stereocenters. The molecule has 3 nitrogen and oxygen atoms in total. The summed E-state index contributed by atoms with van der Waals surface area (Å²) in [6.45, 7) is 5.34. The minimum Gasteiger partial charge on any atom is -0.395 e. The Balaban J connectivity index is 1.65. The van der Waals surface area contributed by atoms with Gasteiger partial charge in [-0.3, -0.25) is 4.79 Å². The van der Waals surface area contributed by atoms with Gasteiger partial charge in [-0.1, -0.05) is 18.6 Å². The van der Waals surface area contributed by atoms with Crippen LogP contribution in [0.5, 0.6) is 0 Å². The second kappa shape index (κ2) is 5.95. The second-order valence-corrected chi connectivity index (χ2v) is 8.89. The summed E-state index contributed by atoms with van der Waals surface area (Å²) in [6.07, 6.45) is 11.0. The highest BCUT2D eigenvalue weighted by Gasteiger charge is 2.59. The average Bonchev–Trinajstić information content (AvgIpc) is 2.90. The molecule has 4 rings (SSSR count). The molecule has 0 aliphatic heterocycles. The Kier molecular flexibility index (Phi) is 4.16. The second-order valence-electron chi connectivity index (χ2n) is 8.89. The lowest BCUT2D eigenvalue weighted by molar-refractivity contribution is -0.133. The van der Waals surface area contributed by atoms with E-state index in [0.717, 1.165) is 58.0 Å². The summed E-state index contributed by atoms with van der Waals surface area (Å²) in [5.74, 6) is 2.19. The molecule has 0 aromatic rings. The van der Waals surface area contributed by atoms with Gasteiger partial charge in [0, 0.05) is 23.9 Å². The third-order valence-corrected chi connectivity index (χ3v) is 8.18. The molecule has 24 heavy (non-hydrogen) atoms. The lowest BCUT2D eigenvalue weighted by Crippen LogP contribution is -2.53. The summed E-state index contributed by atoms with van der Waals surface area (Å²) < 4.78 is 5.89. The maximum Gasteiger partial charge on any atom is 0.139 e. The molecule has 3 saturated carbocycles. The average molecular weight is 332 g/mol. The fraction of sp³-hybridized carbons (Fsp3) is 0.857. The largest absolute Gasteiger partial charge is 0.395 e. The van der Waals surface area contributed by atoms with Crippen LogP contribution in [-0.2, 0) is 9.53 Å². The van der Waals surface area contributed by atoms with Crippen molar-refractivity contribution in [1.82, 2.24) is 0 Å². The van der Waals surface area contributed by atoms with Gasteiger partial charge in [0.2, 0.25) is 0 Å². The molecule has 0 amide bonds. The molecule has 0 saturated heterocycles. The number of ether oxygens (including phenoxy) is 1. The van der Waals surface area contributed by atoms with Crippen LogP contribution in [0.15, 0.2) is 11.6 Å². The minimum atomic E-state index is -0.0777. The number of rotatable bonds is 3. The molecule has 0 aromatic carbocycles. The van der Waals surface area contributed by atoms with Crippen molar-refractivity contribution in [3.63, 3.8) is 0 Å². The first-order chi connectivity index (χ1) is 11.5. The Morgan fingerprint density at radius 3 is 2.83 bits per heavy atom. The zero-order chi connectivity index (χ0) is 16.9. The van der Waals surface area contributed by atoms with E-state index < -0.39 is 0 Å². The Bertz CT molecular complexity index is 553. The van der Waals surface area contributed by atoms with Crippen molar-refractivity contribution in [2.45, 2.75) is 71.3 Å². The predicted molar refractivity (Wildman–Crippen MR) is 93.5 cm³/mol. The molecule has 4 aliphatic rings. The molecule has 0 radical (unpaired) electrons. The van der Waals surface area contributed by atoms with Gasteiger partial charge < -0.3 is 9.84 Å². The smallest absolute Gasteiger partial charge is 0.139 e. The molecule has 3 heteroatoms. The molecule has 3 fully saturated rings. The van der Waals surface area contributed by atoms with Gasteiger partial charge in [-0.05, 0) is 69.6 Å². The van der Waals surface area contributed by atoms with Crippen molar-refractivity contribution in [1.29, 1.82) is 0 Å². The van der Waals surface area contributed by atoms with Gasteiger partial charge in [0.25, 0.3) is 0 Å². The van der Waals surface area contributed by atoms with E-state index >= 15 is 0 Å². The van der Waals surface area contributed by atoms with Crippen molar-refractivity contribution in [3.05, 3.63) is 11.6 Å². The quantitative estimate of drug-likeness (QED) is 0.798. The number of aliphatic hydroxyl groups excluding tert-OH is 1. The number of hydrogen-bond donors (Lipinski definition) is 1. The number of ketones is 1. The fourth-order valence-electron chi connectivity index (χ4n) is 6.87. The van der Waals surface area contributed by atoms with Crippen LogP contribution in [0.25, 0.3) is 0 Å². The van der Waals surface area contributed by atoms with E-state index in [-0.39, 0.29) is 17.4 Å². The molecule has 6 atom stereocenters. The topological polar surface area (TPSA) is 46.5 Å². The molecular formula is C21H32O3. The van der Waals surface area contributed by atoms with Gasteiger partial charge in [0.05, 0.1) is 12.7 Å². The van der Waals surface area contributed by atoms with Crippen LogP contribution in [0.3, 0.4) is 0 Å². The summed E-state index contributed by atoms with van der Waals surface area (Å²) in [5.41, 5.74) is 1.36. The summed E-state index contributed by atoms with van der Waals surface area (Å²) in [4.78, 5) is 12.5. The molecule has 134 valence electrons. The summed E-state index contributed by atoms with van der Waals surface area (Å²) in [6, 6.07) is 0. The highest BCUT2D eigenvalue weighted by atomic mass is 16.5. The number of carbonyl (C=O) groups excluding carboxylic acids is 1. The first-order valence-corrected chi connectivity index (χ1v) is 10.0. The molecule has 1 N–H and O–H groups in total. The SMILES string of the molecule is CCO[C@H]1CC[C@@]2(CO)C(=CC[C@@H]3[C@@H]2CC[C@]2(C)C(=O)CC[C@@H]32)C1. The van der Waals surface area contributed by atoms with E-state index in [1.165, 1.54) is 5.57 Å². The van der Waals surface area contributed by atoms with Crippen molar-refractivity contribution in [2.75, 3.05) is 13.2 Å². The summed E-state index contributed by atoms with van der Waals surface area (Å²) in [5, 5.41) is 10.4. The highest BCUT2D eigenvalue weighted by Crippen LogP contribution is 2.64. The number of allylic oxidation sites excluding steroid dienone is 1. The Hall–Kier alpha value is -0.670. The number of fused-ring (bicyclic) bond motifs is 5. The first-order valence-electron chi connectivity index (χ1n) is 10.0. The van der Waals surface area contributed by atoms with E-state index in [0.29, 0.717) is 29.6 Å². The monoisotopic (exact) mass is 332 g/mol. The maximum absolute atomic E-state index is 12.5. The van der Waals surface area contributed by atoms with Crippen LogP contribution in [0.2, 0.25) is 0 Å². The highest BCUT2D eigenvalue weighted by molar-refractivity contribution is 5.87. The van der Waals surface area contributed by atoms with Crippen molar-refractivity contribution in [3.8, 4) is 0 Å². The number of carbonyl (C=O) groups is 1. The normalized spacial score (nSPS) is 47.6. The van der Waals surface area contributed by atoms with Crippen LogP contribution in [-0.4, -0.2) is 30.2 Å². The van der Waals surface area contributed by atoms with Crippen molar-refractivity contribution in [2.24, 2.45) is 28.6 Å². The maximum atomic E-state index is 12.5. The van der Waals surface area contributed by atoms with Crippen molar-refractivity contribution < 1.29 is 14.6 Å². The van der Waals surface area contributed by atoms with Crippen LogP contribution in [0.4, 0.5) is 0 Å². The zero-order valence-corrected chi connectivity index (χ0v) is 15.2. The Morgan fingerprint density at radius 2 is 2.08 bits per heavy atom. The van der Waals surface area contributed by atoms with E-state index in [9.17, 15) is 9.90 Å². The van der Waals surface area contributed by atoms with Crippen LogP contribution >= 0.6 is 0 Å². The third kappa shape index (κ3) is 2.20. The number of aliphatic hydroxyl groups is 1. The fourth-order valence-corrected chi connectivity index (χ4v) is 6.87. The number of hydrogen-bond acceptors (Lipinski definition) is 3. The Morgan fingerprint density at radius 1 is 1.25 bits per heavy atom. The van der Waals surface area contributed by atoms with Gasteiger partial charge >= 0.3 is 0 Å². The molecule has 0 bridgehead atoms. The van der Waals surface area contributed by atoms with Gasteiger partial charge in [0.15, 0.2) is 0 Å². The van der Waals surface area contributed by atoms with E-state index in [4.69, 9.17) is 4.74 Å². The van der Waals surface area contributed by atoms with Crippen LogP contribution in [0.1, 0.15) is 65.2 Å². The molecule has 0 aromatic heterocycles. The summed E-state index contributed by atoms with van der Waals surface area (Å²) >= 11 is 0. The van der Waals surface area contributed by atoms with E-state index in [1.54, 1.807) is 0 Å². The first kappa shape index (κ1) is 16.8. The standard InChI is InChI=1S/C21H32O3/c1-3-24-15-8-11-21(13-22)14(12-15)4-5-16-17-6-7-19(23)20(17,2)10-9-18(16)21/h4,15-18,22H,3,5-13H2,1-2H3/t15-,16-,17-,18-,20-,21+/m0/s1. The van der Waals surface area contributed by atoms with E-state index in [1.807, 2.05) is 0 Å². The van der Waals surface area contributed by atoms with E-state index in [2.05, 4.69) is 19.9 Å². The molecule has 0 spiro atoms. The molecular weight excluding hydrogens is 300 g/mol. The van der Waals surface area contributed by atoms with Gasteiger partial charge in [-0.15, -0.1) is 0 Å². The van der Waals surface area contributed by atoms with Crippen molar-refractivity contribution >= 4 is 5.78 Å². The van der Waals surface area contributed by atoms with Gasteiger partial charge in [0.1, 0.15) is 5.78 Å². The summed E-state index contributed by atoms with van der Waals surface area (Å²) in [7, 11) is 0. The zero-order valence-electron chi connectivity index (χ0n) is 15.2. The van der Waals surface area contributed by atoms with Crippen LogP contribution < -0.4 is 0 Å².